The molecule has 1 fully saturated rings. The lowest BCUT2D eigenvalue weighted by molar-refractivity contribution is -0.138. The summed E-state index contributed by atoms with van der Waals surface area (Å²) in [7, 11) is 0. The number of alkyl halides is 3. The van der Waals surface area contributed by atoms with Gasteiger partial charge in [0.1, 0.15) is 6.61 Å². The third-order valence-corrected chi connectivity index (χ3v) is 6.25. The molecule has 0 atom stereocenters. The molecule has 9 nitrogen and oxygen atoms in total. The van der Waals surface area contributed by atoms with Gasteiger partial charge in [-0.15, -0.1) is 0 Å². The number of carbonyl (C=O) groups is 2. The Morgan fingerprint density at radius 2 is 1.97 bits per heavy atom. The standard InChI is InChI=1S/C22H18ClF3N6O3S/c23-15-3-2-13(16(9-15)22(24,25)26)11-32-17-4-1-12(7-14(17)10-29-32)8-18-19(33)31(21(34)36-18)5-6-35-30-20(27)28/h1-4,7-10H,5-6,11H2,(H4,27,28,30). The molecule has 0 unspecified atom stereocenters. The molecule has 0 radical (unpaired) electrons. The Kier molecular flexibility index (Phi) is 7.13. The van der Waals surface area contributed by atoms with E-state index in [0.29, 0.717) is 16.5 Å². The molecular weight excluding hydrogens is 521 g/mol. The molecule has 14 heteroatoms. The molecule has 3 aromatic rings. The van der Waals surface area contributed by atoms with E-state index in [0.717, 1.165) is 22.7 Å². The van der Waals surface area contributed by atoms with E-state index in [1.807, 2.05) is 0 Å². The number of guanidine groups is 1. The van der Waals surface area contributed by atoms with Gasteiger partial charge in [-0.3, -0.25) is 19.2 Å². The number of nitrogens with two attached hydrogens (primary N) is 2. The lowest BCUT2D eigenvalue weighted by atomic mass is 10.1. The van der Waals surface area contributed by atoms with E-state index < -0.39 is 22.9 Å². The predicted octanol–water partition coefficient (Wildman–Crippen LogP) is 4.00. The fraction of sp³-hybridized carbons (Fsp3) is 0.182. The molecule has 0 aliphatic carbocycles. The van der Waals surface area contributed by atoms with Gasteiger partial charge >= 0.3 is 6.18 Å². The minimum Gasteiger partial charge on any atom is -0.391 e. The smallest absolute Gasteiger partial charge is 0.391 e. The number of thioether (sulfide) groups is 1. The van der Waals surface area contributed by atoms with Gasteiger partial charge in [-0.25, -0.2) is 0 Å². The first kappa shape index (κ1) is 25.4. The van der Waals surface area contributed by atoms with Gasteiger partial charge < -0.3 is 16.3 Å². The number of amides is 2. The monoisotopic (exact) mass is 538 g/mol. The third-order valence-electron chi connectivity index (χ3n) is 5.11. The number of halogens is 4. The number of rotatable bonds is 7. The summed E-state index contributed by atoms with van der Waals surface area (Å²) >= 11 is 6.54. The van der Waals surface area contributed by atoms with Gasteiger partial charge in [0.05, 0.1) is 35.3 Å². The SMILES string of the molecule is NC(N)=NOCCN1C(=O)SC(=Cc2ccc3c(cnn3Cc3ccc(Cl)cc3C(F)(F)F)c2)C1=O. The van der Waals surface area contributed by atoms with Crippen molar-refractivity contribution in [3.8, 4) is 0 Å². The summed E-state index contributed by atoms with van der Waals surface area (Å²) in [6.07, 6.45) is -1.49. The van der Waals surface area contributed by atoms with Crippen molar-refractivity contribution in [2.24, 2.45) is 16.6 Å². The highest BCUT2D eigenvalue weighted by molar-refractivity contribution is 8.18. The molecule has 36 heavy (non-hydrogen) atoms. The Labute approximate surface area is 211 Å². The highest BCUT2D eigenvalue weighted by Crippen LogP contribution is 2.35. The van der Waals surface area contributed by atoms with Gasteiger partial charge in [0.15, 0.2) is 0 Å². The van der Waals surface area contributed by atoms with Gasteiger partial charge in [0.25, 0.3) is 11.1 Å². The number of hydrogen-bond acceptors (Lipinski definition) is 6. The molecule has 1 aliphatic rings. The van der Waals surface area contributed by atoms with Crippen LogP contribution in [0.1, 0.15) is 16.7 Å². The molecule has 188 valence electrons. The van der Waals surface area contributed by atoms with Crippen molar-refractivity contribution in [1.29, 1.82) is 0 Å². The second-order valence-corrected chi connectivity index (χ2v) is 9.03. The molecular formula is C22H18ClF3N6O3S. The normalized spacial score (nSPS) is 15.2. The van der Waals surface area contributed by atoms with Gasteiger partial charge in [-0.1, -0.05) is 23.7 Å². The Morgan fingerprint density at radius 3 is 2.69 bits per heavy atom. The van der Waals surface area contributed by atoms with Crippen molar-refractivity contribution in [2.75, 3.05) is 13.2 Å². The van der Waals surface area contributed by atoms with Crippen molar-refractivity contribution in [3.05, 3.63) is 69.2 Å². The van der Waals surface area contributed by atoms with Crippen molar-refractivity contribution in [2.45, 2.75) is 12.7 Å². The second kappa shape index (κ2) is 10.1. The molecule has 1 aromatic heterocycles. The van der Waals surface area contributed by atoms with Crippen LogP contribution in [0, 0.1) is 0 Å². The third kappa shape index (κ3) is 5.57. The van der Waals surface area contributed by atoms with Crippen molar-refractivity contribution in [1.82, 2.24) is 14.7 Å². The average molecular weight is 539 g/mol. The predicted molar refractivity (Wildman–Crippen MR) is 130 cm³/mol. The second-order valence-electron chi connectivity index (χ2n) is 7.60. The molecule has 2 heterocycles. The van der Waals surface area contributed by atoms with Crippen LogP contribution < -0.4 is 11.5 Å². The van der Waals surface area contributed by atoms with Crippen molar-refractivity contribution in [3.63, 3.8) is 0 Å². The first-order valence-electron chi connectivity index (χ1n) is 10.3. The van der Waals surface area contributed by atoms with Gasteiger partial charge in [0, 0.05) is 10.4 Å². The molecule has 0 bridgehead atoms. The summed E-state index contributed by atoms with van der Waals surface area (Å²) in [6, 6.07) is 8.71. The minimum absolute atomic E-state index is 0.00765. The first-order valence-corrected chi connectivity index (χ1v) is 11.5. The van der Waals surface area contributed by atoms with Crippen LogP contribution in [0.25, 0.3) is 17.0 Å². The van der Waals surface area contributed by atoms with E-state index in [1.165, 1.54) is 23.0 Å². The zero-order chi connectivity index (χ0) is 26.0. The average Bonchev–Trinajstić information content (AvgIpc) is 3.31. The van der Waals surface area contributed by atoms with Crippen LogP contribution in [-0.4, -0.2) is 44.9 Å². The van der Waals surface area contributed by atoms with Crippen LogP contribution in [0.15, 0.2) is 52.7 Å². The number of aromatic nitrogens is 2. The van der Waals surface area contributed by atoms with E-state index >= 15 is 0 Å². The van der Waals surface area contributed by atoms with E-state index in [2.05, 4.69) is 10.3 Å². The van der Waals surface area contributed by atoms with Crippen LogP contribution in [0.5, 0.6) is 0 Å². The van der Waals surface area contributed by atoms with Crippen LogP contribution >= 0.6 is 23.4 Å². The topological polar surface area (TPSA) is 129 Å². The van der Waals surface area contributed by atoms with Crippen molar-refractivity contribution < 1.29 is 27.6 Å². The summed E-state index contributed by atoms with van der Waals surface area (Å²) in [5, 5.41) is 7.73. The van der Waals surface area contributed by atoms with Crippen molar-refractivity contribution >= 4 is 57.4 Å². The molecule has 2 amide bonds. The van der Waals surface area contributed by atoms with Crippen LogP contribution in [0.3, 0.4) is 0 Å². The largest absolute Gasteiger partial charge is 0.416 e. The Bertz CT molecular complexity index is 1400. The van der Waals surface area contributed by atoms with E-state index in [9.17, 15) is 22.8 Å². The summed E-state index contributed by atoms with van der Waals surface area (Å²) < 4.78 is 41.8. The minimum atomic E-state index is -4.56. The molecule has 0 saturated carbocycles. The zero-order valence-electron chi connectivity index (χ0n) is 18.3. The fourth-order valence-corrected chi connectivity index (χ4v) is 4.57. The Balaban J connectivity index is 1.53. The Morgan fingerprint density at radius 1 is 1.19 bits per heavy atom. The summed E-state index contributed by atoms with van der Waals surface area (Å²) in [5.74, 6) is -0.770. The maximum atomic E-state index is 13.4. The van der Waals surface area contributed by atoms with Gasteiger partial charge in [-0.2, -0.15) is 18.3 Å². The van der Waals surface area contributed by atoms with Gasteiger partial charge in [-0.05, 0) is 58.4 Å². The Hall–Kier alpha value is -3.71. The van der Waals surface area contributed by atoms with E-state index in [4.69, 9.17) is 27.9 Å². The maximum Gasteiger partial charge on any atom is 0.416 e. The lowest BCUT2D eigenvalue weighted by Gasteiger charge is -2.14. The van der Waals surface area contributed by atoms with Crippen LogP contribution in [-0.2, 0) is 22.4 Å². The fourth-order valence-electron chi connectivity index (χ4n) is 3.53. The number of oxime groups is 1. The van der Waals surface area contributed by atoms with Crippen LogP contribution in [0.2, 0.25) is 5.02 Å². The zero-order valence-corrected chi connectivity index (χ0v) is 19.9. The number of nitrogens with zero attached hydrogens (tertiary/aromatic N) is 4. The molecule has 1 saturated heterocycles. The highest BCUT2D eigenvalue weighted by Gasteiger charge is 2.35. The number of benzene rings is 2. The van der Waals surface area contributed by atoms with Crippen LogP contribution in [0.4, 0.5) is 18.0 Å². The lowest BCUT2D eigenvalue weighted by Crippen LogP contribution is -2.31. The first-order chi connectivity index (χ1) is 17.0. The molecule has 4 N–H and O–H groups in total. The highest BCUT2D eigenvalue weighted by atomic mass is 35.5. The molecule has 0 spiro atoms. The number of imide groups is 1. The van der Waals surface area contributed by atoms with Gasteiger partial charge in [0.2, 0.25) is 5.96 Å². The number of fused-ring (bicyclic) bond motifs is 1. The summed E-state index contributed by atoms with van der Waals surface area (Å²) in [5.41, 5.74) is 10.7. The van der Waals surface area contributed by atoms with E-state index in [1.54, 1.807) is 24.3 Å². The number of carbonyl (C=O) groups excluding carboxylic acids is 2. The maximum absolute atomic E-state index is 13.4. The van der Waals surface area contributed by atoms with E-state index in [-0.39, 0.29) is 41.1 Å². The molecule has 4 rings (SSSR count). The molecule has 1 aliphatic heterocycles. The summed E-state index contributed by atoms with van der Waals surface area (Å²) in [4.78, 5) is 30.9. The molecule has 2 aromatic carbocycles. The number of hydrogen-bond donors (Lipinski definition) is 2. The summed E-state index contributed by atoms with van der Waals surface area (Å²) in [6.45, 7) is -0.219. The quantitative estimate of drug-likeness (QED) is 0.153.